The predicted octanol–water partition coefficient (Wildman–Crippen LogP) is 5.59. The number of halogens is 1. The maximum absolute atomic E-state index is 14.7. The Labute approximate surface area is 269 Å². The van der Waals surface area contributed by atoms with E-state index in [1.54, 1.807) is 0 Å². The zero-order chi connectivity index (χ0) is 31.2. The number of fused-ring (bicyclic) bond motifs is 3. The Morgan fingerprint density at radius 2 is 1.82 bits per heavy atom. The lowest BCUT2D eigenvalue weighted by Crippen LogP contribution is -2.58. The van der Waals surface area contributed by atoms with Gasteiger partial charge in [-0.2, -0.15) is 0 Å². The Morgan fingerprint density at radius 3 is 2.47 bits per heavy atom. The van der Waals surface area contributed by atoms with Crippen molar-refractivity contribution in [2.45, 2.75) is 95.9 Å². The third-order valence-electron chi connectivity index (χ3n) is 11.3. The van der Waals surface area contributed by atoms with Crippen molar-refractivity contribution in [2.75, 3.05) is 37.7 Å². The minimum Gasteiger partial charge on any atom is -0.368 e. The lowest BCUT2D eigenvalue weighted by Gasteiger charge is -2.47. The van der Waals surface area contributed by atoms with Crippen LogP contribution < -0.4 is 4.90 Å². The minimum atomic E-state index is -0.614. The number of rotatable bonds is 5. The largest absolute Gasteiger partial charge is 0.368 e. The summed E-state index contributed by atoms with van der Waals surface area (Å²) in [7, 11) is 0. The van der Waals surface area contributed by atoms with Gasteiger partial charge < -0.3 is 19.1 Å². The molecule has 0 N–H and O–H groups in total. The van der Waals surface area contributed by atoms with Gasteiger partial charge in [0.1, 0.15) is 11.6 Å². The van der Waals surface area contributed by atoms with E-state index in [2.05, 4.69) is 60.7 Å². The number of pyridine rings is 1. The third-order valence-corrected chi connectivity index (χ3v) is 11.6. The SMILES string of the molecule is CC(C)n1cnc2cc(-c3ccc4c(c3)N([C@H]3C[C@@H](N5CCC(C)(C)C5)C3)C(=O)C43CCN(C(=O)C4CCO4)CC3)nc(Cl)c21. The van der Waals surface area contributed by atoms with Crippen molar-refractivity contribution in [3.05, 3.63) is 41.3 Å². The fourth-order valence-electron chi connectivity index (χ4n) is 8.43. The normalized spacial score (nSPS) is 27.3. The summed E-state index contributed by atoms with van der Waals surface area (Å²) in [6.45, 7) is 13.0. The molecule has 10 heteroatoms. The zero-order valence-corrected chi connectivity index (χ0v) is 27.5. The first kappa shape index (κ1) is 29.4. The fraction of sp³-hybridized carbons (Fsp3) is 0.600. The maximum atomic E-state index is 14.7. The van der Waals surface area contributed by atoms with Crippen LogP contribution in [0.3, 0.4) is 0 Å². The van der Waals surface area contributed by atoms with E-state index in [1.165, 1.54) is 6.42 Å². The maximum Gasteiger partial charge on any atom is 0.251 e. The Hall–Kier alpha value is -3.01. The van der Waals surface area contributed by atoms with E-state index in [4.69, 9.17) is 21.3 Å². The van der Waals surface area contributed by atoms with Gasteiger partial charge in [0.05, 0.1) is 29.6 Å². The van der Waals surface area contributed by atoms with Crippen LogP contribution in [-0.4, -0.2) is 87.1 Å². The molecule has 5 aliphatic rings. The van der Waals surface area contributed by atoms with Crippen molar-refractivity contribution in [2.24, 2.45) is 5.41 Å². The number of carbonyl (C=O) groups is 2. The molecule has 45 heavy (non-hydrogen) atoms. The van der Waals surface area contributed by atoms with Crippen LogP contribution in [0.4, 0.5) is 5.69 Å². The van der Waals surface area contributed by atoms with Crippen molar-refractivity contribution in [1.29, 1.82) is 0 Å². The van der Waals surface area contributed by atoms with Crippen LogP contribution in [-0.2, 0) is 19.7 Å². The third kappa shape index (κ3) is 4.63. The number of anilines is 1. The molecule has 6 heterocycles. The highest BCUT2D eigenvalue weighted by molar-refractivity contribution is 6.34. The van der Waals surface area contributed by atoms with Crippen molar-refractivity contribution in [3.63, 3.8) is 0 Å². The van der Waals surface area contributed by atoms with Crippen molar-refractivity contribution >= 4 is 40.1 Å². The van der Waals surface area contributed by atoms with E-state index in [-0.39, 0.29) is 30.0 Å². The summed E-state index contributed by atoms with van der Waals surface area (Å²) >= 11 is 6.76. The van der Waals surface area contributed by atoms with Gasteiger partial charge >= 0.3 is 0 Å². The summed E-state index contributed by atoms with van der Waals surface area (Å²) in [5.41, 5.74) is 5.16. The summed E-state index contributed by atoms with van der Waals surface area (Å²) < 4.78 is 7.53. The number of imidazole rings is 1. The van der Waals surface area contributed by atoms with Gasteiger partial charge in [-0.25, -0.2) is 9.97 Å². The van der Waals surface area contributed by atoms with Gasteiger partial charge in [0.15, 0.2) is 5.15 Å². The number of benzene rings is 1. The van der Waals surface area contributed by atoms with E-state index < -0.39 is 5.41 Å². The van der Waals surface area contributed by atoms with E-state index in [9.17, 15) is 9.59 Å². The second kappa shape index (κ2) is 10.5. The summed E-state index contributed by atoms with van der Waals surface area (Å²) in [6.07, 6.45) is 6.78. The van der Waals surface area contributed by atoms with Crippen molar-refractivity contribution < 1.29 is 14.3 Å². The molecule has 1 aliphatic carbocycles. The molecule has 0 radical (unpaired) electrons. The fourth-order valence-corrected chi connectivity index (χ4v) is 8.71. The molecule has 3 aromatic rings. The topological polar surface area (TPSA) is 83.8 Å². The minimum absolute atomic E-state index is 0.0719. The van der Waals surface area contributed by atoms with E-state index in [0.29, 0.717) is 49.1 Å². The zero-order valence-electron chi connectivity index (χ0n) is 26.8. The Balaban J connectivity index is 1.12. The van der Waals surface area contributed by atoms with Crippen molar-refractivity contribution in [1.82, 2.24) is 24.3 Å². The van der Waals surface area contributed by atoms with Crippen LogP contribution in [0.5, 0.6) is 0 Å². The average Bonchev–Trinajstić information content (AvgIpc) is 3.61. The number of nitrogens with zero attached hydrogens (tertiary/aromatic N) is 6. The van der Waals surface area contributed by atoms with E-state index in [1.807, 2.05) is 21.9 Å². The lowest BCUT2D eigenvalue weighted by molar-refractivity contribution is -0.158. The van der Waals surface area contributed by atoms with Gasteiger partial charge in [-0.3, -0.25) is 14.5 Å². The molecule has 2 aromatic heterocycles. The first-order valence-corrected chi connectivity index (χ1v) is 17.1. The van der Waals surface area contributed by atoms with Crippen LogP contribution >= 0.6 is 11.6 Å². The summed E-state index contributed by atoms with van der Waals surface area (Å²) in [5, 5.41) is 0.432. The molecule has 238 valence electrons. The van der Waals surface area contributed by atoms with Gasteiger partial charge in [-0.05, 0) is 75.6 Å². The van der Waals surface area contributed by atoms with Gasteiger partial charge in [0.2, 0.25) is 5.91 Å². The molecule has 8 rings (SSSR count). The number of likely N-dealkylation sites (tertiary alicyclic amines) is 2. The lowest BCUT2D eigenvalue weighted by atomic mass is 9.73. The molecule has 0 bridgehead atoms. The number of hydrogen-bond donors (Lipinski definition) is 0. The molecule has 1 atom stereocenters. The van der Waals surface area contributed by atoms with Crippen LogP contribution in [0.2, 0.25) is 5.15 Å². The molecule has 9 nitrogen and oxygen atoms in total. The number of piperidine rings is 1. The van der Waals surface area contributed by atoms with Crippen LogP contribution in [0.15, 0.2) is 30.6 Å². The van der Waals surface area contributed by atoms with E-state index >= 15 is 0 Å². The first-order chi connectivity index (χ1) is 21.5. The smallest absolute Gasteiger partial charge is 0.251 e. The predicted molar refractivity (Wildman–Crippen MR) is 174 cm³/mol. The highest BCUT2D eigenvalue weighted by Crippen LogP contribution is 2.52. The summed E-state index contributed by atoms with van der Waals surface area (Å²) in [6, 6.07) is 9.28. The molecular weight excluding hydrogens is 588 g/mol. The Morgan fingerprint density at radius 1 is 1.07 bits per heavy atom. The van der Waals surface area contributed by atoms with Crippen LogP contribution in [0.1, 0.15) is 77.8 Å². The molecule has 4 fully saturated rings. The van der Waals surface area contributed by atoms with Crippen LogP contribution in [0.25, 0.3) is 22.3 Å². The molecule has 1 spiro atoms. The summed E-state index contributed by atoms with van der Waals surface area (Å²) in [4.78, 5) is 43.8. The second-order valence-corrected chi connectivity index (χ2v) is 15.4. The Kier molecular flexibility index (Phi) is 6.86. The number of ether oxygens (including phenoxy) is 1. The number of aromatic nitrogens is 3. The molecular formula is C35H43ClN6O3. The van der Waals surface area contributed by atoms with Gasteiger partial charge in [-0.15, -0.1) is 0 Å². The number of hydrogen-bond acceptors (Lipinski definition) is 6. The van der Waals surface area contributed by atoms with Crippen molar-refractivity contribution in [3.8, 4) is 11.3 Å². The molecule has 1 saturated carbocycles. The quantitative estimate of drug-likeness (QED) is 0.342. The molecule has 1 unspecified atom stereocenters. The van der Waals surface area contributed by atoms with Gasteiger partial charge in [0.25, 0.3) is 5.91 Å². The molecule has 3 saturated heterocycles. The number of carbonyl (C=O) groups excluding carboxylic acids is 2. The van der Waals surface area contributed by atoms with Gasteiger partial charge in [0, 0.05) is 55.4 Å². The Bertz CT molecular complexity index is 1680. The molecule has 1 aromatic carbocycles. The number of amides is 2. The standard InChI is InChI=1S/C35H43ClN6O3/c1-21(2)41-20-37-27-18-26(38-31(36)30(27)41)22-5-6-25-28(15-22)42(24-16-23(17-24)40-11-8-34(3,4)19-40)33(44)35(25)9-12-39(13-10-35)32(43)29-7-14-45-29/h5-6,15,18,20-21,23-24,29H,7-14,16-17,19H2,1-4H3/t23-,24+,29?. The van der Waals surface area contributed by atoms with Crippen LogP contribution in [0, 0.1) is 5.41 Å². The highest BCUT2D eigenvalue weighted by Gasteiger charge is 2.56. The van der Waals surface area contributed by atoms with E-state index in [0.717, 1.165) is 65.9 Å². The second-order valence-electron chi connectivity index (χ2n) is 15.0. The van der Waals surface area contributed by atoms with Gasteiger partial charge in [-0.1, -0.05) is 37.6 Å². The molecule has 4 aliphatic heterocycles. The highest BCUT2D eigenvalue weighted by atomic mass is 35.5. The summed E-state index contributed by atoms with van der Waals surface area (Å²) in [5.74, 6) is 0.270. The average molecular weight is 631 g/mol. The first-order valence-electron chi connectivity index (χ1n) is 16.7. The monoisotopic (exact) mass is 630 g/mol. The molecule has 2 amide bonds.